The summed E-state index contributed by atoms with van der Waals surface area (Å²) in [4.78, 5) is 13.9. The number of amides is 1. The second-order valence-electron chi connectivity index (χ2n) is 5.54. The van der Waals surface area contributed by atoms with Gasteiger partial charge >= 0.3 is 0 Å². The lowest BCUT2D eigenvalue weighted by Gasteiger charge is -2.28. The molecule has 0 aliphatic heterocycles. The monoisotopic (exact) mass is 325 g/mol. The van der Waals surface area contributed by atoms with E-state index in [0.717, 1.165) is 11.1 Å². The third kappa shape index (κ3) is 4.90. The van der Waals surface area contributed by atoms with E-state index >= 15 is 0 Å². The standard InChI is InChI=1S/C19H20FN3O/c1-23(14-18(24)22-13-5-12-21)19(15-6-3-2-4-7-15)16-8-10-17(20)11-9-16/h2-4,6-11,19H,5,13-14H2,1H3,(H,22,24). The number of benzene rings is 2. The second-order valence-corrected chi connectivity index (χ2v) is 5.54. The van der Waals surface area contributed by atoms with E-state index in [0.29, 0.717) is 6.54 Å². The highest BCUT2D eigenvalue weighted by Crippen LogP contribution is 2.27. The SMILES string of the molecule is CN(CC(=O)NCCC#N)C(c1ccccc1)c1ccc(F)cc1. The Morgan fingerprint density at radius 3 is 2.42 bits per heavy atom. The zero-order valence-electron chi connectivity index (χ0n) is 13.6. The van der Waals surface area contributed by atoms with E-state index in [1.165, 1.54) is 12.1 Å². The predicted molar refractivity (Wildman–Crippen MR) is 90.6 cm³/mol. The molecule has 0 fully saturated rings. The minimum absolute atomic E-state index is 0.143. The van der Waals surface area contributed by atoms with Crippen LogP contribution in [0.3, 0.4) is 0 Å². The quantitative estimate of drug-likeness (QED) is 0.797. The Labute approximate surface area is 141 Å². The van der Waals surface area contributed by atoms with E-state index in [2.05, 4.69) is 5.32 Å². The van der Waals surface area contributed by atoms with Crippen molar-refractivity contribution in [3.8, 4) is 6.07 Å². The van der Waals surface area contributed by atoms with Crippen LogP contribution >= 0.6 is 0 Å². The molecule has 0 aliphatic carbocycles. The zero-order chi connectivity index (χ0) is 17.4. The maximum Gasteiger partial charge on any atom is 0.234 e. The Bertz CT molecular complexity index is 695. The number of rotatable bonds is 7. The fourth-order valence-electron chi connectivity index (χ4n) is 2.61. The molecule has 1 N–H and O–H groups in total. The van der Waals surface area contributed by atoms with E-state index in [9.17, 15) is 9.18 Å². The molecule has 1 unspecified atom stereocenters. The molecule has 124 valence electrons. The van der Waals surface area contributed by atoms with Crippen LogP contribution in [0, 0.1) is 17.1 Å². The molecule has 0 saturated carbocycles. The van der Waals surface area contributed by atoms with Crippen LogP contribution in [0.5, 0.6) is 0 Å². The summed E-state index contributed by atoms with van der Waals surface area (Å²) in [5, 5.41) is 11.2. The number of nitrogens with one attached hydrogen (secondary N) is 1. The number of nitriles is 1. The first-order valence-electron chi connectivity index (χ1n) is 7.76. The van der Waals surface area contributed by atoms with Crippen molar-refractivity contribution in [1.82, 2.24) is 10.2 Å². The summed E-state index contributed by atoms with van der Waals surface area (Å²) in [5.74, 6) is -0.432. The predicted octanol–water partition coefficient (Wildman–Crippen LogP) is 2.88. The molecular weight excluding hydrogens is 305 g/mol. The van der Waals surface area contributed by atoms with E-state index in [-0.39, 0.29) is 30.7 Å². The number of halogens is 1. The Kier molecular flexibility index (Phi) is 6.47. The van der Waals surface area contributed by atoms with E-state index < -0.39 is 0 Å². The molecule has 2 aromatic rings. The van der Waals surface area contributed by atoms with Crippen LogP contribution in [0.25, 0.3) is 0 Å². The fourth-order valence-corrected chi connectivity index (χ4v) is 2.61. The van der Waals surface area contributed by atoms with Gasteiger partial charge in [-0.05, 0) is 30.3 Å². The van der Waals surface area contributed by atoms with Gasteiger partial charge in [-0.15, -0.1) is 0 Å². The molecule has 0 spiro atoms. The lowest BCUT2D eigenvalue weighted by Crippen LogP contribution is -2.37. The maximum atomic E-state index is 13.2. The first kappa shape index (κ1) is 17.6. The summed E-state index contributed by atoms with van der Waals surface area (Å²) < 4.78 is 13.2. The van der Waals surface area contributed by atoms with Gasteiger partial charge in [-0.2, -0.15) is 5.26 Å². The molecule has 0 aromatic heterocycles. The molecule has 1 amide bonds. The normalized spacial score (nSPS) is 11.8. The number of hydrogen-bond donors (Lipinski definition) is 1. The third-order valence-electron chi connectivity index (χ3n) is 3.69. The summed E-state index contributed by atoms with van der Waals surface area (Å²) in [5.41, 5.74) is 1.94. The number of carbonyl (C=O) groups excluding carboxylic acids is 1. The van der Waals surface area contributed by atoms with Crippen LogP contribution in [0.15, 0.2) is 54.6 Å². The summed E-state index contributed by atoms with van der Waals surface area (Å²) in [6, 6.07) is 17.9. The maximum absolute atomic E-state index is 13.2. The number of likely N-dealkylation sites (N-methyl/N-ethyl adjacent to an activating group) is 1. The molecule has 0 saturated heterocycles. The molecule has 24 heavy (non-hydrogen) atoms. The van der Waals surface area contributed by atoms with Gasteiger partial charge in [0, 0.05) is 6.54 Å². The first-order valence-corrected chi connectivity index (χ1v) is 7.76. The minimum Gasteiger partial charge on any atom is -0.354 e. The third-order valence-corrected chi connectivity index (χ3v) is 3.69. The molecule has 2 rings (SSSR count). The molecule has 0 aliphatic rings. The van der Waals surface area contributed by atoms with Crippen LogP contribution in [0.1, 0.15) is 23.6 Å². The van der Waals surface area contributed by atoms with Crippen molar-refractivity contribution in [2.75, 3.05) is 20.1 Å². The van der Waals surface area contributed by atoms with Gasteiger partial charge in [0.2, 0.25) is 5.91 Å². The van der Waals surface area contributed by atoms with Crippen LogP contribution < -0.4 is 5.32 Å². The lowest BCUT2D eigenvalue weighted by molar-refractivity contribution is -0.122. The largest absolute Gasteiger partial charge is 0.354 e. The van der Waals surface area contributed by atoms with Gasteiger partial charge in [0.15, 0.2) is 0 Å². The smallest absolute Gasteiger partial charge is 0.234 e. The van der Waals surface area contributed by atoms with Gasteiger partial charge in [0.05, 0.1) is 25.1 Å². The highest BCUT2D eigenvalue weighted by molar-refractivity contribution is 5.78. The van der Waals surface area contributed by atoms with Crippen LogP contribution in [0.4, 0.5) is 4.39 Å². The Morgan fingerprint density at radius 1 is 1.17 bits per heavy atom. The number of carbonyl (C=O) groups is 1. The van der Waals surface area contributed by atoms with Gasteiger partial charge in [0.25, 0.3) is 0 Å². The van der Waals surface area contributed by atoms with E-state index in [4.69, 9.17) is 5.26 Å². The zero-order valence-corrected chi connectivity index (χ0v) is 13.6. The van der Waals surface area contributed by atoms with Crippen molar-refractivity contribution in [1.29, 1.82) is 5.26 Å². The topological polar surface area (TPSA) is 56.1 Å². The highest BCUT2D eigenvalue weighted by atomic mass is 19.1. The molecule has 0 heterocycles. The molecule has 1 atom stereocenters. The van der Waals surface area contributed by atoms with Gasteiger partial charge < -0.3 is 5.32 Å². The van der Waals surface area contributed by atoms with E-state index in [1.54, 1.807) is 12.1 Å². The first-order chi connectivity index (χ1) is 11.6. The van der Waals surface area contributed by atoms with Gasteiger partial charge in [-0.1, -0.05) is 42.5 Å². The average molecular weight is 325 g/mol. The Balaban J connectivity index is 2.18. The number of nitrogens with zero attached hydrogens (tertiary/aromatic N) is 2. The summed E-state index contributed by atoms with van der Waals surface area (Å²) >= 11 is 0. The molecule has 2 aromatic carbocycles. The van der Waals surface area contributed by atoms with Crippen molar-refractivity contribution in [3.05, 3.63) is 71.5 Å². The van der Waals surface area contributed by atoms with E-state index in [1.807, 2.05) is 48.3 Å². The van der Waals surface area contributed by atoms with Crippen molar-refractivity contribution >= 4 is 5.91 Å². The lowest BCUT2D eigenvalue weighted by atomic mass is 9.97. The highest BCUT2D eigenvalue weighted by Gasteiger charge is 2.21. The molecule has 0 radical (unpaired) electrons. The summed E-state index contributed by atoms with van der Waals surface area (Å²) in [6.07, 6.45) is 0.287. The van der Waals surface area contributed by atoms with Crippen molar-refractivity contribution in [2.24, 2.45) is 0 Å². The Hall–Kier alpha value is -2.71. The van der Waals surface area contributed by atoms with Crippen LogP contribution in [0.2, 0.25) is 0 Å². The van der Waals surface area contributed by atoms with Crippen LogP contribution in [-0.2, 0) is 4.79 Å². The van der Waals surface area contributed by atoms with Crippen molar-refractivity contribution in [2.45, 2.75) is 12.5 Å². The molecular formula is C19H20FN3O. The summed E-state index contributed by atoms with van der Waals surface area (Å²) in [7, 11) is 1.85. The number of hydrogen-bond acceptors (Lipinski definition) is 3. The molecule has 0 bridgehead atoms. The Morgan fingerprint density at radius 2 is 1.79 bits per heavy atom. The molecule has 4 nitrogen and oxygen atoms in total. The van der Waals surface area contributed by atoms with Crippen LogP contribution in [-0.4, -0.2) is 30.9 Å². The summed E-state index contributed by atoms with van der Waals surface area (Å²) in [6.45, 7) is 0.526. The minimum atomic E-state index is -0.289. The van der Waals surface area contributed by atoms with Crippen molar-refractivity contribution < 1.29 is 9.18 Å². The van der Waals surface area contributed by atoms with Gasteiger partial charge in [-0.25, -0.2) is 4.39 Å². The van der Waals surface area contributed by atoms with Crippen molar-refractivity contribution in [3.63, 3.8) is 0 Å². The van der Waals surface area contributed by atoms with Gasteiger partial charge in [0.1, 0.15) is 5.82 Å². The average Bonchev–Trinajstić information content (AvgIpc) is 2.58. The van der Waals surface area contributed by atoms with Gasteiger partial charge in [-0.3, -0.25) is 9.69 Å². The molecule has 5 heteroatoms. The fraction of sp³-hybridized carbons (Fsp3) is 0.263. The second kappa shape index (κ2) is 8.80.